The first-order valence-electron chi connectivity index (χ1n) is 9.36. The molecular formula is C20H28N4O3. The molecule has 1 aliphatic rings. The number of aromatic nitrogens is 2. The van der Waals surface area contributed by atoms with E-state index in [1.54, 1.807) is 0 Å². The zero-order valence-corrected chi connectivity index (χ0v) is 16.2. The van der Waals surface area contributed by atoms with Crippen LogP contribution < -0.4 is 10.6 Å². The summed E-state index contributed by atoms with van der Waals surface area (Å²) in [6, 6.07) is 7.78. The molecule has 2 amide bonds. The molecule has 3 rings (SSSR count). The third-order valence-corrected chi connectivity index (χ3v) is 4.99. The number of carbonyl (C=O) groups excluding carboxylic acids is 1. The monoisotopic (exact) mass is 372 g/mol. The Morgan fingerprint density at radius 2 is 2.04 bits per heavy atom. The fourth-order valence-corrected chi connectivity index (χ4v) is 3.36. The lowest BCUT2D eigenvalue weighted by Crippen LogP contribution is -2.42. The van der Waals surface area contributed by atoms with Crippen molar-refractivity contribution < 1.29 is 14.6 Å². The number of hydrogen-bond donors (Lipinski definition) is 3. The average Bonchev–Trinajstić information content (AvgIpc) is 2.91. The Labute approximate surface area is 159 Å². The minimum Gasteiger partial charge on any atom is -0.387 e. The van der Waals surface area contributed by atoms with E-state index >= 15 is 0 Å². The van der Waals surface area contributed by atoms with E-state index in [0.717, 1.165) is 23.5 Å². The molecule has 0 saturated carbocycles. The summed E-state index contributed by atoms with van der Waals surface area (Å²) in [6.45, 7) is 7.25. The van der Waals surface area contributed by atoms with E-state index in [2.05, 4.69) is 15.7 Å². The highest BCUT2D eigenvalue weighted by molar-refractivity contribution is 5.90. The van der Waals surface area contributed by atoms with Crippen LogP contribution >= 0.6 is 0 Å². The molecule has 0 spiro atoms. The summed E-state index contributed by atoms with van der Waals surface area (Å²) in [7, 11) is 0. The number of nitrogens with one attached hydrogen (secondary N) is 2. The van der Waals surface area contributed by atoms with Gasteiger partial charge in [-0.05, 0) is 52.2 Å². The van der Waals surface area contributed by atoms with Crippen LogP contribution in [0.1, 0.15) is 36.2 Å². The Morgan fingerprint density at radius 3 is 2.70 bits per heavy atom. The van der Waals surface area contributed by atoms with Crippen molar-refractivity contribution in [2.45, 2.75) is 45.6 Å². The van der Waals surface area contributed by atoms with Gasteiger partial charge in [-0.3, -0.25) is 0 Å². The van der Waals surface area contributed by atoms with Crippen molar-refractivity contribution in [3.8, 4) is 5.69 Å². The van der Waals surface area contributed by atoms with Gasteiger partial charge in [0.25, 0.3) is 0 Å². The Morgan fingerprint density at radius 1 is 1.30 bits per heavy atom. The Hall–Kier alpha value is -2.38. The number of aryl methyl sites for hydroxylation is 2. The molecule has 1 atom stereocenters. The second-order valence-electron chi connectivity index (χ2n) is 7.30. The van der Waals surface area contributed by atoms with Crippen LogP contribution in [0.25, 0.3) is 5.69 Å². The predicted molar refractivity (Wildman–Crippen MR) is 104 cm³/mol. The Balaban J connectivity index is 1.60. The maximum absolute atomic E-state index is 12.3. The lowest BCUT2D eigenvalue weighted by atomic mass is 9.93. The molecule has 1 aliphatic heterocycles. The maximum Gasteiger partial charge on any atom is 0.319 e. The summed E-state index contributed by atoms with van der Waals surface area (Å²) in [5.41, 5.74) is 3.62. The van der Waals surface area contributed by atoms with E-state index in [0.29, 0.717) is 38.3 Å². The molecule has 146 valence electrons. The van der Waals surface area contributed by atoms with Crippen molar-refractivity contribution in [3.05, 3.63) is 41.2 Å². The van der Waals surface area contributed by atoms with Crippen LogP contribution in [0, 0.1) is 20.8 Å². The van der Waals surface area contributed by atoms with Crippen molar-refractivity contribution in [1.29, 1.82) is 0 Å². The van der Waals surface area contributed by atoms with E-state index in [1.807, 2.05) is 49.7 Å². The van der Waals surface area contributed by atoms with Gasteiger partial charge in [0.15, 0.2) is 0 Å². The lowest BCUT2D eigenvalue weighted by Gasteiger charge is -2.31. The fraction of sp³-hybridized carbons (Fsp3) is 0.500. The molecule has 2 heterocycles. The number of rotatable bonds is 5. The molecule has 0 radical (unpaired) electrons. The van der Waals surface area contributed by atoms with Gasteiger partial charge in [0, 0.05) is 13.2 Å². The van der Waals surface area contributed by atoms with Crippen LogP contribution in [0.2, 0.25) is 0 Å². The minimum absolute atomic E-state index is 0.301. The van der Waals surface area contributed by atoms with Gasteiger partial charge in [-0.2, -0.15) is 5.10 Å². The first-order chi connectivity index (χ1) is 12.9. The van der Waals surface area contributed by atoms with Crippen LogP contribution in [0.5, 0.6) is 0 Å². The van der Waals surface area contributed by atoms with Gasteiger partial charge in [0.1, 0.15) is 0 Å². The number of nitrogens with zero attached hydrogens (tertiary/aromatic N) is 2. The zero-order chi connectivity index (χ0) is 19.4. The van der Waals surface area contributed by atoms with E-state index < -0.39 is 5.60 Å². The lowest BCUT2D eigenvalue weighted by molar-refractivity contribution is -0.0886. The number of hydrogen-bond acceptors (Lipinski definition) is 4. The van der Waals surface area contributed by atoms with E-state index in [4.69, 9.17) is 4.74 Å². The summed E-state index contributed by atoms with van der Waals surface area (Å²) < 4.78 is 7.16. The topological polar surface area (TPSA) is 88.4 Å². The molecule has 7 nitrogen and oxygen atoms in total. The molecule has 27 heavy (non-hydrogen) atoms. The quantitative estimate of drug-likeness (QED) is 0.753. The van der Waals surface area contributed by atoms with E-state index in [-0.39, 0.29) is 6.03 Å². The molecule has 0 aliphatic carbocycles. The fourth-order valence-electron chi connectivity index (χ4n) is 3.36. The number of anilines is 1. The molecular weight excluding hydrogens is 344 g/mol. The molecule has 1 saturated heterocycles. The third-order valence-electron chi connectivity index (χ3n) is 4.99. The number of amides is 2. The van der Waals surface area contributed by atoms with Gasteiger partial charge in [0.05, 0.1) is 35.0 Å². The van der Waals surface area contributed by atoms with Crippen LogP contribution in [0.4, 0.5) is 10.5 Å². The van der Waals surface area contributed by atoms with Crippen molar-refractivity contribution in [3.63, 3.8) is 0 Å². The molecule has 1 unspecified atom stereocenters. The van der Waals surface area contributed by atoms with E-state index in [9.17, 15) is 9.90 Å². The number of ether oxygens (including phenoxy) is 1. The van der Waals surface area contributed by atoms with Crippen LogP contribution in [-0.4, -0.2) is 46.3 Å². The second kappa shape index (κ2) is 8.10. The highest BCUT2D eigenvalue weighted by atomic mass is 16.5. The van der Waals surface area contributed by atoms with Gasteiger partial charge in [-0.15, -0.1) is 0 Å². The van der Waals surface area contributed by atoms with Crippen LogP contribution in [0.15, 0.2) is 24.3 Å². The van der Waals surface area contributed by atoms with Gasteiger partial charge in [-0.1, -0.05) is 17.7 Å². The maximum atomic E-state index is 12.3. The molecule has 2 aromatic rings. The second-order valence-corrected chi connectivity index (χ2v) is 7.30. The van der Waals surface area contributed by atoms with Gasteiger partial charge in [-0.25, -0.2) is 9.48 Å². The average molecular weight is 372 g/mol. The van der Waals surface area contributed by atoms with Crippen molar-refractivity contribution >= 4 is 11.7 Å². The largest absolute Gasteiger partial charge is 0.387 e. The highest BCUT2D eigenvalue weighted by Crippen LogP contribution is 2.24. The van der Waals surface area contributed by atoms with Crippen molar-refractivity contribution in [2.75, 3.05) is 25.1 Å². The number of carbonyl (C=O) groups is 1. The third kappa shape index (κ3) is 4.67. The summed E-state index contributed by atoms with van der Waals surface area (Å²) >= 11 is 0. The van der Waals surface area contributed by atoms with Crippen LogP contribution in [0.3, 0.4) is 0 Å². The standard InChI is InChI=1S/C20H28N4O3/c1-14-5-7-17(8-6-14)24-16(3)18(15(2)23-24)22-19(25)21-11-10-20(26)9-4-12-27-13-20/h5-8,26H,4,9-13H2,1-3H3,(H2,21,22,25). The Kier molecular flexibility index (Phi) is 5.82. The normalized spacial score (nSPS) is 19.7. The molecule has 1 aromatic carbocycles. The zero-order valence-electron chi connectivity index (χ0n) is 16.2. The summed E-state index contributed by atoms with van der Waals surface area (Å²) in [5, 5.41) is 20.6. The SMILES string of the molecule is Cc1ccc(-n2nc(C)c(NC(=O)NCCC3(O)CCCOC3)c2C)cc1. The molecule has 0 bridgehead atoms. The molecule has 1 aromatic heterocycles. The smallest absolute Gasteiger partial charge is 0.319 e. The summed E-state index contributed by atoms with van der Waals surface area (Å²) in [5.74, 6) is 0. The molecule has 1 fully saturated rings. The number of benzene rings is 1. The highest BCUT2D eigenvalue weighted by Gasteiger charge is 2.29. The molecule has 7 heteroatoms. The summed E-state index contributed by atoms with van der Waals surface area (Å²) in [4.78, 5) is 12.3. The van der Waals surface area contributed by atoms with Crippen LogP contribution in [-0.2, 0) is 4.74 Å². The van der Waals surface area contributed by atoms with Crippen molar-refractivity contribution in [1.82, 2.24) is 15.1 Å². The minimum atomic E-state index is -0.840. The van der Waals surface area contributed by atoms with Gasteiger partial charge in [0.2, 0.25) is 0 Å². The van der Waals surface area contributed by atoms with Gasteiger partial charge < -0.3 is 20.5 Å². The van der Waals surface area contributed by atoms with Crippen molar-refractivity contribution in [2.24, 2.45) is 0 Å². The predicted octanol–water partition coefficient (Wildman–Crippen LogP) is 2.85. The molecule has 3 N–H and O–H groups in total. The number of aliphatic hydroxyl groups is 1. The summed E-state index contributed by atoms with van der Waals surface area (Å²) in [6.07, 6.45) is 2.03. The Bertz CT molecular complexity index is 792. The van der Waals surface area contributed by atoms with Gasteiger partial charge >= 0.3 is 6.03 Å². The number of urea groups is 1. The first kappa shape index (κ1) is 19.4. The first-order valence-corrected chi connectivity index (χ1v) is 9.36. The van der Waals surface area contributed by atoms with E-state index in [1.165, 1.54) is 5.56 Å².